The van der Waals surface area contributed by atoms with E-state index in [1.807, 2.05) is 6.92 Å². The molecule has 6 heteroatoms. The van der Waals surface area contributed by atoms with Gasteiger partial charge in [0.15, 0.2) is 11.6 Å². The Morgan fingerprint density at radius 1 is 1.37 bits per heavy atom. The van der Waals surface area contributed by atoms with Crippen LogP contribution in [-0.2, 0) is 13.0 Å². The fourth-order valence-electron chi connectivity index (χ4n) is 1.94. The molecular formula is C13H13ClF2N2O. The molecule has 0 aliphatic heterocycles. The zero-order valence-corrected chi connectivity index (χ0v) is 11.0. The number of aromatic nitrogens is 2. The van der Waals surface area contributed by atoms with Crippen molar-refractivity contribution >= 4 is 11.6 Å². The molecule has 1 aromatic carbocycles. The van der Waals surface area contributed by atoms with E-state index in [0.717, 1.165) is 12.1 Å². The van der Waals surface area contributed by atoms with Crippen molar-refractivity contribution in [1.29, 1.82) is 0 Å². The van der Waals surface area contributed by atoms with E-state index >= 15 is 0 Å². The Labute approximate surface area is 114 Å². The maximum absolute atomic E-state index is 13.1. The molecule has 0 aliphatic carbocycles. The Hall–Kier alpha value is -1.46. The van der Waals surface area contributed by atoms with Crippen molar-refractivity contribution in [1.82, 2.24) is 9.78 Å². The normalized spacial score (nSPS) is 12.7. The Balaban J connectivity index is 2.22. The molecule has 19 heavy (non-hydrogen) atoms. The van der Waals surface area contributed by atoms with Gasteiger partial charge >= 0.3 is 0 Å². The summed E-state index contributed by atoms with van der Waals surface area (Å²) in [5, 5.41) is 14.5. The van der Waals surface area contributed by atoms with Crippen LogP contribution in [-0.4, -0.2) is 14.9 Å². The first-order chi connectivity index (χ1) is 9.02. The average Bonchev–Trinajstić information content (AvgIpc) is 2.75. The highest BCUT2D eigenvalue weighted by Gasteiger charge is 2.18. The van der Waals surface area contributed by atoms with Crippen molar-refractivity contribution in [3.63, 3.8) is 0 Å². The Morgan fingerprint density at radius 3 is 2.74 bits per heavy atom. The molecular weight excluding hydrogens is 274 g/mol. The summed E-state index contributed by atoms with van der Waals surface area (Å²) in [7, 11) is 0. The van der Waals surface area contributed by atoms with E-state index < -0.39 is 17.7 Å². The molecule has 2 aromatic rings. The van der Waals surface area contributed by atoms with Crippen LogP contribution in [0.4, 0.5) is 8.78 Å². The molecule has 1 N–H and O–H groups in total. The molecule has 1 atom stereocenters. The van der Waals surface area contributed by atoms with E-state index in [4.69, 9.17) is 11.6 Å². The van der Waals surface area contributed by atoms with Crippen LogP contribution in [0, 0.1) is 11.6 Å². The van der Waals surface area contributed by atoms with Gasteiger partial charge in [-0.25, -0.2) is 8.78 Å². The molecule has 2 rings (SSSR count). The highest BCUT2D eigenvalue weighted by molar-refractivity contribution is 6.31. The molecule has 1 unspecified atom stereocenters. The van der Waals surface area contributed by atoms with E-state index in [1.165, 1.54) is 12.3 Å². The zero-order chi connectivity index (χ0) is 14.0. The number of rotatable bonds is 4. The quantitative estimate of drug-likeness (QED) is 0.938. The fourth-order valence-corrected chi connectivity index (χ4v) is 2.21. The molecule has 0 aliphatic rings. The second-order valence-corrected chi connectivity index (χ2v) is 4.57. The number of halogens is 3. The molecule has 0 bridgehead atoms. The summed E-state index contributed by atoms with van der Waals surface area (Å²) in [6.07, 6.45) is 0.678. The van der Waals surface area contributed by atoms with E-state index in [9.17, 15) is 13.9 Å². The third-order valence-electron chi connectivity index (χ3n) is 2.86. The first kappa shape index (κ1) is 14.0. The topological polar surface area (TPSA) is 38.0 Å². The molecule has 1 aromatic heterocycles. The zero-order valence-electron chi connectivity index (χ0n) is 10.3. The second kappa shape index (κ2) is 5.67. The number of hydrogen-bond donors (Lipinski definition) is 1. The molecule has 0 amide bonds. The van der Waals surface area contributed by atoms with Gasteiger partial charge in [-0.15, -0.1) is 0 Å². The van der Waals surface area contributed by atoms with Gasteiger partial charge in [0.2, 0.25) is 0 Å². The number of benzene rings is 1. The summed E-state index contributed by atoms with van der Waals surface area (Å²) in [6, 6.07) is 3.54. The molecule has 0 saturated carbocycles. The van der Waals surface area contributed by atoms with Crippen molar-refractivity contribution in [3.8, 4) is 0 Å². The third kappa shape index (κ3) is 2.93. The summed E-state index contributed by atoms with van der Waals surface area (Å²) in [6.45, 7) is 2.44. The lowest BCUT2D eigenvalue weighted by Gasteiger charge is -2.13. The highest BCUT2D eigenvalue weighted by atomic mass is 35.5. The van der Waals surface area contributed by atoms with Gasteiger partial charge in [0.05, 0.1) is 16.9 Å². The van der Waals surface area contributed by atoms with Crippen molar-refractivity contribution < 1.29 is 13.9 Å². The van der Waals surface area contributed by atoms with Crippen LogP contribution in [0.3, 0.4) is 0 Å². The van der Waals surface area contributed by atoms with Gasteiger partial charge in [-0.1, -0.05) is 17.7 Å². The standard InChI is InChI=1S/C13H13ClF2N2O/c1-2-18-13(9(14)7-17-18)12(19)6-8-3-4-10(15)11(16)5-8/h3-5,7,12,19H,2,6H2,1H3. The number of aliphatic hydroxyl groups is 1. The van der Waals surface area contributed by atoms with Crippen LogP contribution in [0.2, 0.25) is 5.02 Å². The minimum atomic E-state index is -0.931. The molecule has 1 heterocycles. The van der Waals surface area contributed by atoms with Gasteiger partial charge in [0, 0.05) is 13.0 Å². The lowest BCUT2D eigenvalue weighted by atomic mass is 10.1. The Bertz CT molecular complexity index is 586. The highest BCUT2D eigenvalue weighted by Crippen LogP contribution is 2.26. The number of nitrogens with zero attached hydrogens (tertiary/aromatic N) is 2. The fraction of sp³-hybridized carbons (Fsp3) is 0.308. The van der Waals surface area contributed by atoms with E-state index in [1.54, 1.807) is 4.68 Å². The first-order valence-electron chi connectivity index (χ1n) is 5.86. The number of aryl methyl sites for hydroxylation is 1. The van der Waals surface area contributed by atoms with Gasteiger partial charge in [0.25, 0.3) is 0 Å². The van der Waals surface area contributed by atoms with E-state index in [-0.39, 0.29) is 6.42 Å². The molecule has 0 spiro atoms. The SMILES string of the molecule is CCn1ncc(Cl)c1C(O)Cc1ccc(F)c(F)c1. The van der Waals surface area contributed by atoms with Gasteiger partial charge in [-0.2, -0.15) is 5.10 Å². The Morgan fingerprint density at radius 2 is 2.11 bits per heavy atom. The second-order valence-electron chi connectivity index (χ2n) is 4.16. The third-order valence-corrected chi connectivity index (χ3v) is 3.15. The van der Waals surface area contributed by atoms with Gasteiger partial charge in [0.1, 0.15) is 6.10 Å². The van der Waals surface area contributed by atoms with Crippen molar-refractivity contribution in [2.75, 3.05) is 0 Å². The lowest BCUT2D eigenvalue weighted by molar-refractivity contribution is 0.167. The monoisotopic (exact) mass is 286 g/mol. The molecule has 102 valence electrons. The van der Waals surface area contributed by atoms with Crippen LogP contribution in [0.1, 0.15) is 24.3 Å². The summed E-state index contributed by atoms with van der Waals surface area (Å²) >= 11 is 5.96. The van der Waals surface area contributed by atoms with Crippen LogP contribution >= 0.6 is 11.6 Å². The van der Waals surface area contributed by atoms with Crippen molar-refractivity contribution in [3.05, 3.63) is 52.3 Å². The van der Waals surface area contributed by atoms with Crippen LogP contribution in [0.5, 0.6) is 0 Å². The predicted octanol–water partition coefficient (Wildman–Crippen LogP) is 3.11. The molecule has 3 nitrogen and oxygen atoms in total. The maximum Gasteiger partial charge on any atom is 0.159 e. The van der Waals surface area contributed by atoms with E-state index in [0.29, 0.717) is 22.8 Å². The Kier molecular flexibility index (Phi) is 4.17. The summed E-state index contributed by atoms with van der Waals surface area (Å²) in [4.78, 5) is 0. The largest absolute Gasteiger partial charge is 0.386 e. The summed E-state index contributed by atoms with van der Waals surface area (Å²) in [5.74, 6) is -1.84. The van der Waals surface area contributed by atoms with Crippen LogP contribution in [0.15, 0.2) is 24.4 Å². The smallest absolute Gasteiger partial charge is 0.159 e. The average molecular weight is 287 g/mol. The van der Waals surface area contributed by atoms with Gasteiger partial charge in [-0.3, -0.25) is 4.68 Å². The minimum absolute atomic E-state index is 0.141. The molecule has 0 radical (unpaired) electrons. The number of hydrogen-bond acceptors (Lipinski definition) is 2. The van der Waals surface area contributed by atoms with Gasteiger partial charge in [-0.05, 0) is 24.6 Å². The summed E-state index contributed by atoms with van der Waals surface area (Å²) < 4.78 is 27.5. The van der Waals surface area contributed by atoms with Crippen LogP contribution in [0.25, 0.3) is 0 Å². The molecule has 0 fully saturated rings. The molecule has 0 saturated heterocycles. The summed E-state index contributed by atoms with van der Waals surface area (Å²) in [5.41, 5.74) is 0.972. The first-order valence-corrected chi connectivity index (χ1v) is 6.24. The van der Waals surface area contributed by atoms with Crippen LogP contribution < -0.4 is 0 Å². The lowest BCUT2D eigenvalue weighted by Crippen LogP contribution is -2.11. The maximum atomic E-state index is 13.1. The van der Waals surface area contributed by atoms with Gasteiger partial charge < -0.3 is 5.11 Å². The minimum Gasteiger partial charge on any atom is -0.386 e. The number of aliphatic hydroxyl groups excluding tert-OH is 1. The predicted molar refractivity (Wildman–Crippen MR) is 67.9 cm³/mol. The van der Waals surface area contributed by atoms with Crippen molar-refractivity contribution in [2.24, 2.45) is 0 Å². The van der Waals surface area contributed by atoms with Crippen molar-refractivity contribution in [2.45, 2.75) is 26.0 Å². The van der Waals surface area contributed by atoms with E-state index in [2.05, 4.69) is 5.10 Å².